The molecule has 1 aromatic carbocycles. The molecule has 1 fully saturated rings. The van der Waals surface area contributed by atoms with Crippen molar-refractivity contribution in [3.05, 3.63) is 35.9 Å². The normalized spacial score (nSPS) is 34.5. The quantitative estimate of drug-likeness (QED) is 0.769. The largest absolute Gasteiger partial charge is 0.385 e. The van der Waals surface area contributed by atoms with Crippen LogP contribution in [0.15, 0.2) is 30.3 Å². The third-order valence-electron chi connectivity index (χ3n) is 3.89. The molecule has 3 atom stereocenters. The number of hydrogen-bond donors (Lipinski definition) is 1. The van der Waals surface area contributed by atoms with E-state index in [1.54, 1.807) is 0 Å². The summed E-state index contributed by atoms with van der Waals surface area (Å²) in [4.78, 5) is 0. The van der Waals surface area contributed by atoms with Crippen LogP contribution in [0.25, 0.3) is 0 Å². The van der Waals surface area contributed by atoms with Crippen molar-refractivity contribution in [1.29, 1.82) is 0 Å². The molecule has 0 aromatic heterocycles. The van der Waals surface area contributed by atoms with E-state index in [9.17, 15) is 49.0 Å². The lowest BCUT2D eigenvalue weighted by molar-refractivity contribution is -0.451. The summed E-state index contributed by atoms with van der Waals surface area (Å²) in [6.45, 7) is 0. The zero-order valence-corrected chi connectivity index (χ0v) is 11.3. The molecule has 1 aliphatic carbocycles. The van der Waals surface area contributed by atoms with Crippen LogP contribution >= 0.6 is 0 Å². The first-order valence-corrected chi connectivity index (χ1v) is 6.24. The monoisotopic (exact) mass is 370 g/mol. The Morgan fingerprint density at radius 2 is 1.21 bits per heavy atom. The Balaban J connectivity index is 2.72. The summed E-state index contributed by atoms with van der Waals surface area (Å²) in [7, 11) is 0. The highest BCUT2D eigenvalue weighted by molar-refractivity contribution is 5.30. The maximum atomic E-state index is 14.5. The Morgan fingerprint density at radius 1 is 0.750 bits per heavy atom. The number of rotatable bonds is 2. The summed E-state index contributed by atoms with van der Waals surface area (Å²) in [6.07, 6.45) is -8.67. The van der Waals surface area contributed by atoms with Crippen molar-refractivity contribution in [2.45, 2.75) is 41.6 Å². The third kappa shape index (κ3) is 1.87. The molecule has 24 heavy (non-hydrogen) atoms. The van der Waals surface area contributed by atoms with E-state index in [1.807, 2.05) is 0 Å². The molecule has 1 saturated carbocycles. The summed E-state index contributed by atoms with van der Waals surface area (Å²) < 4.78 is 135. The van der Waals surface area contributed by atoms with E-state index in [2.05, 4.69) is 0 Å². The van der Waals surface area contributed by atoms with Crippen LogP contribution in [0.5, 0.6) is 0 Å². The van der Waals surface area contributed by atoms with Gasteiger partial charge in [0.2, 0.25) is 11.8 Å². The Morgan fingerprint density at radius 3 is 1.67 bits per heavy atom. The number of alkyl halides is 10. The molecule has 136 valence electrons. The topological polar surface area (TPSA) is 20.2 Å². The van der Waals surface area contributed by atoms with Crippen LogP contribution in [-0.4, -0.2) is 40.6 Å². The van der Waals surface area contributed by atoms with Crippen LogP contribution in [0.1, 0.15) is 11.7 Å². The lowest BCUT2D eigenvalue weighted by Gasteiger charge is -2.51. The average Bonchev–Trinajstić information content (AvgIpc) is 2.51. The van der Waals surface area contributed by atoms with Gasteiger partial charge in [0.25, 0.3) is 0 Å². The summed E-state index contributed by atoms with van der Waals surface area (Å²) in [6, 6.07) is 4.45. The Bertz CT molecular complexity index is 616. The molecule has 3 unspecified atom stereocenters. The van der Waals surface area contributed by atoms with Gasteiger partial charge in [-0.1, -0.05) is 30.3 Å². The standard InChI is InChI=1S/C13H8F10O/c14-8-9(15,7(24)6-4-2-1-3-5-6)11(18,19)13(22,23)12(20,21)10(8,16)17/h1-5,7-8,24H. The van der Waals surface area contributed by atoms with Crippen LogP contribution in [0.3, 0.4) is 0 Å². The van der Waals surface area contributed by atoms with Gasteiger partial charge in [-0.25, -0.2) is 8.78 Å². The zero-order valence-electron chi connectivity index (χ0n) is 11.3. The highest BCUT2D eigenvalue weighted by Gasteiger charge is 2.96. The predicted octanol–water partition coefficient (Wildman–Crippen LogP) is 4.32. The molecule has 1 N–H and O–H groups in total. The Kier molecular flexibility index (Phi) is 3.91. The van der Waals surface area contributed by atoms with Gasteiger partial charge in [-0.15, -0.1) is 0 Å². The molecule has 1 nitrogen and oxygen atoms in total. The second-order valence-electron chi connectivity index (χ2n) is 5.29. The highest BCUT2D eigenvalue weighted by atomic mass is 19.4. The minimum absolute atomic E-state index is 0.651. The molecular formula is C13H8F10O. The summed E-state index contributed by atoms with van der Waals surface area (Å²) in [5, 5.41) is 9.54. The first kappa shape index (κ1) is 18.8. The van der Waals surface area contributed by atoms with Crippen molar-refractivity contribution >= 4 is 0 Å². The van der Waals surface area contributed by atoms with Crippen LogP contribution in [0, 0.1) is 0 Å². The zero-order chi connectivity index (χ0) is 18.8. The van der Waals surface area contributed by atoms with E-state index >= 15 is 0 Å². The lowest BCUT2D eigenvalue weighted by Crippen LogP contribution is -2.81. The van der Waals surface area contributed by atoms with Crippen LogP contribution in [-0.2, 0) is 0 Å². The minimum atomic E-state index is -6.96. The first-order valence-electron chi connectivity index (χ1n) is 6.24. The second kappa shape index (κ2) is 4.99. The van der Waals surface area contributed by atoms with E-state index in [1.165, 1.54) is 6.07 Å². The molecule has 0 spiro atoms. The van der Waals surface area contributed by atoms with Crippen molar-refractivity contribution in [3.63, 3.8) is 0 Å². The number of aliphatic hydroxyl groups is 1. The van der Waals surface area contributed by atoms with E-state index in [4.69, 9.17) is 0 Å². The third-order valence-corrected chi connectivity index (χ3v) is 3.89. The Labute approximate surface area is 127 Å². The van der Waals surface area contributed by atoms with Gasteiger partial charge in [-0.3, -0.25) is 0 Å². The first-order chi connectivity index (χ1) is 10.7. The van der Waals surface area contributed by atoms with Crippen molar-refractivity contribution in [2.75, 3.05) is 0 Å². The minimum Gasteiger partial charge on any atom is -0.385 e. The van der Waals surface area contributed by atoms with Crippen LogP contribution < -0.4 is 0 Å². The van der Waals surface area contributed by atoms with Gasteiger partial charge in [-0.05, 0) is 5.56 Å². The maximum absolute atomic E-state index is 14.5. The highest BCUT2D eigenvalue weighted by Crippen LogP contribution is 2.67. The van der Waals surface area contributed by atoms with Gasteiger partial charge in [0.1, 0.15) is 6.10 Å². The summed E-state index contributed by atoms with van der Waals surface area (Å²) in [5.41, 5.74) is -6.68. The fourth-order valence-electron chi connectivity index (χ4n) is 2.42. The van der Waals surface area contributed by atoms with E-state index in [0.29, 0.717) is 12.1 Å². The van der Waals surface area contributed by atoms with Gasteiger partial charge in [0.15, 0.2) is 0 Å². The fourth-order valence-corrected chi connectivity index (χ4v) is 2.42. The van der Waals surface area contributed by atoms with Gasteiger partial charge < -0.3 is 5.11 Å². The van der Waals surface area contributed by atoms with Crippen molar-refractivity contribution < 1.29 is 49.0 Å². The van der Waals surface area contributed by atoms with Crippen LogP contribution in [0.4, 0.5) is 43.9 Å². The van der Waals surface area contributed by atoms with Crippen molar-refractivity contribution in [3.8, 4) is 0 Å². The van der Waals surface area contributed by atoms with Gasteiger partial charge in [-0.2, -0.15) is 35.1 Å². The van der Waals surface area contributed by atoms with Gasteiger partial charge in [0, 0.05) is 0 Å². The molecule has 0 saturated heterocycles. The van der Waals surface area contributed by atoms with Crippen molar-refractivity contribution in [1.82, 2.24) is 0 Å². The molecule has 1 aromatic rings. The van der Waals surface area contributed by atoms with Crippen LogP contribution in [0.2, 0.25) is 0 Å². The van der Waals surface area contributed by atoms with Crippen molar-refractivity contribution in [2.24, 2.45) is 0 Å². The lowest BCUT2D eigenvalue weighted by atomic mass is 9.70. The van der Waals surface area contributed by atoms with E-state index in [0.717, 1.165) is 12.1 Å². The SMILES string of the molecule is OC(c1ccccc1)C1(F)C(F)C(F)(F)C(F)(F)C(F)(F)C1(F)F. The number of hydrogen-bond acceptors (Lipinski definition) is 1. The van der Waals surface area contributed by atoms with E-state index < -0.39 is 47.2 Å². The molecule has 1 aliphatic rings. The Hall–Kier alpha value is -1.52. The predicted molar refractivity (Wildman–Crippen MR) is 59.9 cm³/mol. The maximum Gasteiger partial charge on any atom is 0.381 e. The average molecular weight is 370 g/mol. The molecule has 0 amide bonds. The fraction of sp³-hybridized carbons (Fsp3) is 0.538. The molecule has 0 bridgehead atoms. The molecule has 0 heterocycles. The smallest absolute Gasteiger partial charge is 0.381 e. The molecule has 2 rings (SSSR count). The second-order valence-corrected chi connectivity index (χ2v) is 5.29. The molecule has 11 heteroatoms. The molecular weight excluding hydrogens is 362 g/mol. The van der Waals surface area contributed by atoms with Gasteiger partial charge in [0.05, 0.1) is 0 Å². The van der Waals surface area contributed by atoms with Gasteiger partial charge >= 0.3 is 23.7 Å². The number of aliphatic hydroxyl groups excluding tert-OH is 1. The van der Waals surface area contributed by atoms with E-state index in [-0.39, 0.29) is 0 Å². The molecule has 0 radical (unpaired) electrons. The molecule has 0 aliphatic heterocycles. The number of benzene rings is 1. The number of halogens is 10. The summed E-state index contributed by atoms with van der Waals surface area (Å²) in [5.74, 6) is -27.0. The summed E-state index contributed by atoms with van der Waals surface area (Å²) >= 11 is 0.